The van der Waals surface area contributed by atoms with Crippen LogP contribution < -0.4 is 0 Å². The second-order valence-electron chi connectivity index (χ2n) is 6.06. The van der Waals surface area contributed by atoms with Crippen molar-refractivity contribution in [1.29, 1.82) is 0 Å². The van der Waals surface area contributed by atoms with E-state index in [0.717, 1.165) is 21.9 Å². The highest BCUT2D eigenvalue weighted by Crippen LogP contribution is 2.27. The Morgan fingerprint density at radius 1 is 0.704 bits per heavy atom. The fourth-order valence-electron chi connectivity index (χ4n) is 3.24. The SMILES string of the molecule is O=C1c2ccccc2C(=O)N1CCN1C(=O)c2ccc([N+](=O)[O-])cc2C1=O. The molecule has 0 N–H and O–H groups in total. The van der Waals surface area contributed by atoms with Gasteiger partial charge in [0.1, 0.15) is 0 Å². The second kappa shape index (κ2) is 5.84. The van der Waals surface area contributed by atoms with E-state index in [1.165, 1.54) is 18.2 Å². The maximum Gasteiger partial charge on any atom is 0.270 e. The monoisotopic (exact) mass is 365 g/mol. The first-order valence-corrected chi connectivity index (χ1v) is 8.00. The maximum absolute atomic E-state index is 12.5. The van der Waals surface area contributed by atoms with Crippen LogP contribution in [-0.2, 0) is 0 Å². The molecule has 2 aliphatic rings. The van der Waals surface area contributed by atoms with Gasteiger partial charge in [0.05, 0.1) is 27.2 Å². The number of carbonyl (C=O) groups excluding carboxylic acids is 4. The van der Waals surface area contributed by atoms with Crippen molar-refractivity contribution in [3.63, 3.8) is 0 Å². The van der Waals surface area contributed by atoms with Gasteiger partial charge in [-0.05, 0) is 18.2 Å². The highest BCUT2D eigenvalue weighted by molar-refractivity contribution is 6.22. The van der Waals surface area contributed by atoms with E-state index in [4.69, 9.17) is 0 Å². The van der Waals surface area contributed by atoms with Gasteiger partial charge in [0.15, 0.2) is 0 Å². The Bertz CT molecular complexity index is 1030. The van der Waals surface area contributed by atoms with Crippen LogP contribution in [0.3, 0.4) is 0 Å². The van der Waals surface area contributed by atoms with Gasteiger partial charge in [-0.15, -0.1) is 0 Å². The lowest BCUT2D eigenvalue weighted by Gasteiger charge is -2.18. The lowest BCUT2D eigenvalue weighted by atomic mass is 10.1. The molecule has 9 heteroatoms. The Morgan fingerprint density at radius 3 is 1.63 bits per heavy atom. The number of nitro groups is 1. The zero-order valence-corrected chi connectivity index (χ0v) is 13.7. The van der Waals surface area contributed by atoms with E-state index < -0.39 is 28.6 Å². The van der Waals surface area contributed by atoms with Crippen LogP contribution in [0.1, 0.15) is 41.4 Å². The number of fused-ring (bicyclic) bond motifs is 2. The highest BCUT2D eigenvalue weighted by Gasteiger charge is 2.39. The van der Waals surface area contributed by atoms with Crippen LogP contribution in [0, 0.1) is 10.1 Å². The van der Waals surface area contributed by atoms with Gasteiger partial charge in [0.2, 0.25) is 0 Å². The van der Waals surface area contributed by atoms with Crippen molar-refractivity contribution in [2.45, 2.75) is 0 Å². The first kappa shape index (κ1) is 16.6. The number of nitro benzene ring substituents is 1. The lowest BCUT2D eigenvalue weighted by Crippen LogP contribution is -2.40. The highest BCUT2D eigenvalue weighted by atomic mass is 16.6. The predicted molar refractivity (Wildman–Crippen MR) is 90.3 cm³/mol. The van der Waals surface area contributed by atoms with Gasteiger partial charge in [0, 0.05) is 25.2 Å². The van der Waals surface area contributed by atoms with Crippen LogP contribution in [0.25, 0.3) is 0 Å². The molecule has 0 bridgehead atoms. The maximum atomic E-state index is 12.5. The van der Waals surface area contributed by atoms with Crippen molar-refractivity contribution in [3.8, 4) is 0 Å². The van der Waals surface area contributed by atoms with Gasteiger partial charge >= 0.3 is 0 Å². The van der Waals surface area contributed by atoms with E-state index >= 15 is 0 Å². The van der Waals surface area contributed by atoms with E-state index in [1.54, 1.807) is 12.1 Å². The minimum atomic E-state index is -0.685. The first-order valence-electron chi connectivity index (χ1n) is 8.00. The number of nitrogens with zero attached hydrogens (tertiary/aromatic N) is 3. The number of rotatable bonds is 4. The fourth-order valence-corrected chi connectivity index (χ4v) is 3.24. The normalized spacial score (nSPS) is 15.4. The van der Waals surface area contributed by atoms with E-state index in [9.17, 15) is 29.3 Å². The smallest absolute Gasteiger partial charge is 0.270 e. The van der Waals surface area contributed by atoms with E-state index in [-0.39, 0.29) is 41.0 Å². The second-order valence-corrected chi connectivity index (χ2v) is 6.06. The summed E-state index contributed by atoms with van der Waals surface area (Å²) < 4.78 is 0. The van der Waals surface area contributed by atoms with E-state index in [1.807, 2.05) is 0 Å². The Kier molecular flexibility index (Phi) is 3.58. The summed E-state index contributed by atoms with van der Waals surface area (Å²) in [6.45, 7) is -0.342. The van der Waals surface area contributed by atoms with Gasteiger partial charge in [-0.25, -0.2) is 0 Å². The summed E-state index contributed by atoms with van der Waals surface area (Å²) in [4.78, 5) is 61.7. The zero-order valence-electron chi connectivity index (χ0n) is 13.7. The predicted octanol–water partition coefficient (Wildman–Crippen LogP) is 1.49. The molecule has 0 saturated carbocycles. The molecule has 0 aliphatic carbocycles. The number of hydrogen-bond acceptors (Lipinski definition) is 6. The van der Waals surface area contributed by atoms with Crippen LogP contribution in [0.15, 0.2) is 42.5 Å². The molecule has 2 aromatic carbocycles. The summed E-state index contributed by atoms with van der Waals surface area (Å²) in [5.74, 6) is -2.26. The van der Waals surface area contributed by atoms with Gasteiger partial charge < -0.3 is 0 Å². The summed E-state index contributed by atoms with van der Waals surface area (Å²) in [5.41, 5.74) is 0.266. The van der Waals surface area contributed by atoms with Gasteiger partial charge in [0.25, 0.3) is 29.3 Å². The molecule has 9 nitrogen and oxygen atoms in total. The largest absolute Gasteiger partial charge is 0.273 e. The Balaban J connectivity index is 1.54. The van der Waals surface area contributed by atoms with Gasteiger partial charge in [-0.3, -0.25) is 39.1 Å². The number of benzene rings is 2. The van der Waals surface area contributed by atoms with Gasteiger partial charge in [-0.1, -0.05) is 12.1 Å². The molecule has 2 aliphatic heterocycles. The number of non-ortho nitro benzene ring substituents is 1. The number of amides is 4. The van der Waals surface area contributed by atoms with E-state index in [2.05, 4.69) is 0 Å². The summed E-state index contributed by atoms with van der Waals surface area (Å²) in [5, 5.41) is 10.9. The van der Waals surface area contributed by atoms with Crippen molar-refractivity contribution < 1.29 is 24.1 Å². The fraction of sp³-hybridized carbons (Fsp3) is 0.111. The molecule has 0 spiro atoms. The van der Waals surface area contributed by atoms with Crippen molar-refractivity contribution in [1.82, 2.24) is 9.80 Å². The Hall–Kier alpha value is -3.88. The zero-order chi connectivity index (χ0) is 19.3. The molecule has 2 heterocycles. The topological polar surface area (TPSA) is 118 Å². The van der Waals surface area contributed by atoms with E-state index in [0.29, 0.717) is 0 Å². The summed E-state index contributed by atoms with van der Waals surface area (Å²) in [6, 6.07) is 9.80. The number of hydrogen-bond donors (Lipinski definition) is 0. The minimum Gasteiger partial charge on any atom is -0.273 e. The van der Waals surface area contributed by atoms with Crippen LogP contribution in [0.2, 0.25) is 0 Å². The number of carbonyl (C=O) groups is 4. The third kappa shape index (κ3) is 2.40. The molecule has 0 fully saturated rings. The van der Waals surface area contributed by atoms with Crippen LogP contribution in [0.5, 0.6) is 0 Å². The molecule has 4 amide bonds. The average molecular weight is 365 g/mol. The molecule has 0 atom stereocenters. The molecule has 27 heavy (non-hydrogen) atoms. The number of imide groups is 2. The molecule has 0 unspecified atom stereocenters. The molecule has 134 valence electrons. The third-order valence-corrected chi connectivity index (χ3v) is 4.59. The quantitative estimate of drug-likeness (QED) is 0.460. The summed E-state index contributed by atoms with van der Waals surface area (Å²) in [6.07, 6.45) is 0. The minimum absolute atomic E-state index is 0.0587. The first-order chi connectivity index (χ1) is 12.9. The molecule has 0 radical (unpaired) electrons. The Labute approximate surface area is 151 Å². The van der Waals surface area contributed by atoms with Crippen LogP contribution in [0.4, 0.5) is 5.69 Å². The summed E-state index contributed by atoms with van der Waals surface area (Å²) >= 11 is 0. The van der Waals surface area contributed by atoms with Crippen molar-refractivity contribution in [2.24, 2.45) is 0 Å². The third-order valence-electron chi connectivity index (χ3n) is 4.59. The van der Waals surface area contributed by atoms with Crippen molar-refractivity contribution in [3.05, 3.63) is 74.8 Å². The molecule has 2 aromatic rings. The van der Waals surface area contributed by atoms with Crippen LogP contribution in [-0.4, -0.2) is 51.4 Å². The average Bonchev–Trinajstić information content (AvgIpc) is 3.05. The molecule has 4 rings (SSSR count). The molecular formula is C18H11N3O6. The Morgan fingerprint density at radius 2 is 1.15 bits per heavy atom. The van der Waals surface area contributed by atoms with Gasteiger partial charge in [-0.2, -0.15) is 0 Å². The van der Waals surface area contributed by atoms with Crippen molar-refractivity contribution in [2.75, 3.05) is 13.1 Å². The molecule has 0 saturated heterocycles. The molecular weight excluding hydrogens is 354 g/mol. The van der Waals surface area contributed by atoms with Crippen molar-refractivity contribution >= 4 is 29.3 Å². The summed E-state index contributed by atoms with van der Waals surface area (Å²) in [7, 11) is 0. The lowest BCUT2D eigenvalue weighted by molar-refractivity contribution is -0.384. The van der Waals surface area contributed by atoms with Crippen LogP contribution >= 0.6 is 0 Å². The molecule has 0 aromatic heterocycles. The standard InChI is InChI=1S/C18H11N3O6/c22-15-11-3-1-2-4-12(11)16(23)19(15)7-8-20-17(24)13-6-5-10(21(26)27)9-14(13)18(20)25/h1-6,9H,7-8H2.